The molecule has 4 rings (SSSR count). The first kappa shape index (κ1) is 23.9. The molecule has 2 fully saturated rings. The first-order valence-electron chi connectivity index (χ1n) is 12.0. The molecule has 2 aromatic rings. The largest absolute Gasteiger partial charge is 0.494 e. The molecule has 0 spiro atoms. The van der Waals surface area contributed by atoms with Gasteiger partial charge in [0.2, 0.25) is 11.6 Å². The number of hydrogen-bond donors (Lipinski definition) is 0. The van der Waals surface area contributed by atoms with E-state index in [4.69, 9.17) is 9.47 Å². The van der Waals surface area contributed by atoms with Crippen LogP contribution in [0.15, 0.2) is 24.3 Å². The van der Waals surface area contributed by atoms with Gasteiger partial charge in [0, 0.05) is 0 Å². The molecule has 180 valence electrons. The maximum Gasteiger partial charge on any atom is 0.204 e. The third-order valence-corrected chi connectivity index (χ3v) is 7.59. The second-order valence-corrected chi connectivity index (χ2v) is 9.75. The van der Waals surface area contributed by atoms with E-state index in [-0.39, 0.29) is 35.9 Å². The molecular formula is C27H32F4O2. The lowest BCUT2D eigenvalue weighted by Gasteiger charge is -2.30. The zero-order valence-corrected chi connectivity index (χ0v) is 19.3. The van der Waals surface area contributed by atoms with Gasteiger partial charge in [-0.2, -0.15) is 8.78 Å². The van der Waals surface area contributed by atoms with E-state index in [0.717, 1.165) is 38.5 Å². The van der Waals surface area contributed by atoms with E-state index in [1.165, 1.54) is 19.2 Å². The van der Waals surface area contributed by atoms with Crippen LogP contribution in [0.4, 0.5) is 17.6 Å². The van der Waals surface area contributed by atoms with Crippen molar-refractivity contribution in [3.63, 3.8) is 0 Å². The van der Waals surface area contributed by atoms with Crippen molar-refractivity contribution < 1.29 is 27.0 Å². The highest BCUT2D eigenvalue weighted by atomic mass is 19.2. The number of methoxy groups -OCH3 is 1. The zero-order chi connectivity index (χ0) is 23.5. The molecule has 33 heavy (non-hydrogen) atoms. The summed E-state index contributed by atoms with van der Waals surface area (Å²) < 4.78 is 68.2. The van der Waals surface area contributed by atoms with E-state index in [0.29, 0.717) is 29.9 Å². The van der Waals surface area contributed by atoms with Crippen LogP contribution in [0.2, 0.25) is 0 Å². The number of hydrogen-bond acceptors (Lipinski definition) is 2. The van der Waals surface area contributed by atoms with Crippen LogP contribution in [0.25, 0.3) is 0 Å². The summed E-state index contributed by atoms with van der Waals surface area (Å²) in [6.45, 7) is 2.47. The van der Waals surface area contributed by atoms with Crippen LogP contribution < -0.4 is 9.47 Å². The molecule has 6 heteroatoms. The van der Waals surface area contributed by atoms with E-state index in [2.05, 4.69) is 6.92 Å². The summed E-state index contributed by atoms with van der Waals surface area (Å²) in [5, 5.41) is 0. The molecule has 2 nitrogen and oxygen atoms in total. The first-order chi connectivity index (χ1) is 15.9. The SMILES string of the molecule is COc1ccc(OCC2CCC(c3ccc(C4CCC(C)CC4)c(F)c3F)CC2)c(F)c1F. The molecule has 0 N–H and O–H groups in total. The molecule has 0 amide bonds. The fourth-order valence-corrected chi connectivity index (χ4v) is 5.41. The third kappa shape index (κ3) is 5.15. The Bertz CT molecular complexity index is 961. The molecule has 0 unspecified atom stereocenters. The summed E-state index contributed by atoms with van der Waals surface area (Å²) in [4.78, 5) is 0. The van der Waals surface area contributed by atoms with Crippen molar-refractivity contribution in [1.29, 1.82) is 0 Å². The van der Waals surface area contributed by atoms with Crippen molar-refractivity contribution >= 4 is 0 Å². The molecule has 0 aliphatic heterocycles. The lowest BCUT2D eigenvalue weighted by molar-refractivity contribution is 0.191. The van der Waals surface area contributed by atoms with Crippen LogP contribution in [-0.4, -0.2) is 13.7 Å². The summed E-state index contributed by atoms with van der Waals surface area (Å²) >= 11 is 0. The Morgan fingerprint density at radius 2 is 1.15 bits per heavy atom. The fraction of sp³-hybridized carbons (Fsp3) is 0.556. The van der Waals surface area contributed by atoms with Gasteiger partial charge in [-0.15, -0.1) is 0 Å². The van der Waals surface area contributed by atoms with Gasteiger partial charge in [-0.05, 0) is 85.5 Å². The van der Waals surface area contributed by atoms with E-state index in [1.807, 2.05) is 0 Å². The monoisotopic (exact) mass is 464 g/mol. The molecular weight excluding hydrogens is 432 g/mol. The quantitative estimate of drug-likeness (QED) is 0.405. The van der Waals surface area contributed by atoms with Crippen molar-refractivity contribution in [3.05, 3.63) is 58.7 Å². The number of rotatable bonds is 6. The summed E-state index contributed by atoms with van der Waals surface area (Å²) in [5.74, 6) is -2.91. The van der Waals surface area contributed by atoms with Crippen LogP contribution in [0.5, 0.6) is 11.5 Å². The fourth-order valence-electron chi connectivity index (χ4n) is 5.41. The zero-order valence-electron chi connectivity index (χ0n) is 19.3. The van der Waals surface area contributed by atoms with Gasteiger partial charge >= 0.3 is 0 Å². The molecule has 0 heterocycles. The molecule has 0 saturated heterocycles. The second-order valence-electron chi connectivity index (χ2n) is 9.75. The van der Waals surface area contributed by atoms with Crippen LogP contribution in [0, 0.1) is 35.1 Å². The first-order valence-corrected chi connectivity index (χ1v) is 12.0. The van der Waals surface area contributed by atoms with E-state index in [9.17, 15) is 13.2 Å². The Hall–Kier alpha value is -2.24. The molecule has 0 radical (unpaired) electrons. The highest BCUT2D eigenvalue weighted by molar-refractivity contribution is 5.35. The van der Waals surface area contributed by atoms with E-state index < -0.39 is 23.3 Å². The molecule has 0 atom stereocenters. The Kier molecular flexibility index (Phi) is 7.50. The van der Waals surface area contributed by atoms with Crippen molar-refractivity contribution in [2.75, 3.05) is 13.7 Å². The van der Waals surface area contributed by atoms with Gasteiger partial charge in [0.15, 0.2) is 23.1 Å². The maximum atomic E-state index is 15.0. The van der Waals surface area contributed by atoms with Gasteiger partial charge in [-0.25, -0.2) is 8.78 Å². The Morgan fingerprint density at radius 1 is 0.667 bits per heavy atom. The van der Waals surface area contributed by atoms with Gasteiger partial charge in [0.05, 0.1) is 13.7 Å². The summed E-state index contributed by atoms with van der Waals surface area (Å²) in [7, 11) is 1.27. The molecule has 2 aliphatic carbocycles. The highest BCUT2D eigenvalue weighted by Gasteiger charge is 2.29. The molecule has 0 aromatic heterocycles. The van der Waals surface area contributed by atoms with Gasteiger partial charge in [0.1, 0.15) is 0 Å². The van der Waals surface area contributed by atoms with E-state index in [1.54, 1.807) is 12.1 Å². The van der Waals surface area contributed by atoms with Crippen LogP contribution in [0.3, 0.4) is 0 Å². The molecule has 2 aliphatic rings. The maximum absolute atomic E-state index is 15.0. The van der Waals surface area contributed by atoms with Crippen LogP contribution in [-0.2, 0) is 0 Å². The minimum absolute atomic E-state index is 0.0358. The van der Waals surface area contributed by atoms with Crippen LogP contribution in [0.1, 0.15) is 81.3 Å². The van der Waals surface area contributed by atoms with Gasteiger partial charge in [-0.3, -0.25) is 0 Å². The summed E-state index contributed by atoms with van der Waals surface area (Å²) in [5.41, 5.74) is 0.988. The standard InChI is InChI=1S/C27H32F4O2/c1-16-3-7-18(8-4-16)20-11-12-21(25(29)24(20)28)19-9-5-17(6-10-19)15-33-23-14-13-22(32-2)26(30)27(23)31/h11-14,16-19H,3-10,15H2,1-2H3. The lowest BCUT2D eigenvalue weighted by Crippen LogP contribution is -2.21. The van der Waals surface area contributed by atoms with Crippen molar-refractivity contribution in [2.24, 2.45) is 11.8 Å². The number of benzene rings is 2. The van der Waals surface area contributed by atoms with Gasteiger partial charge < -0.3 is 9.47 Å². The summed E-state index contributed by atoms with van der Waals surface area (Å²) in [6, 6.07) is 6.27. The van der Waals surface area contributed by atoms with Crippen molar-refractivity contribution in [2.45, 2.75) is 70.1 Å². The van der Waals surface area contributed by atoms with E-state index >= 15 is 4.39 Å². The molecule has 2 aromatic carbocycles. The lowest BCUT2D eigenvalue weighted by atomic mass is 9.76. The Labute approximate surface area is 193 Å². The summed E-state index contributed by atoms with van der Waals surface area (Å²) in [6.07, 6.45) is 6.90. The average Bonchev–Trinajstić information content (AvgIpc) is 2.83. The predicted molar refractivity (Wildman–Crippen MR) is 120 cm³/mol. The van der Waals surface area contributed by atoms with Crippen molar-refractivity contribution in [3.8, 4) is 11.5 Å². The smallest absolute Gasteiger partial charge is 0.204 e. The second kappa shape index (κ2) is 10.4. The minimum Gasteiger partial charge on any atom is -0.494 e. The van der Waals surface area contributed by atoms with Crippen molar-refractivity contribution in [1.82, 2.24) is 0 Å². The normalized spacial score (nSPS) is 25.6. The molecule has 2 saturated carbocycles. The van der Waals surface area contributed by atoms with Gasteiger partial charge in [-0.1, -0.05) is 31.9 Å². The predicted octanol–water partition coefficient (Wildman–Crippen LogP) is 7.90. The third-order valence-electron chi connectivity index (χ3n) is 7.59. The number of halogens is 4. The topological polar surface area (TPSA) is 18.5 Å². The average molecular weight is 465 g/mol. The highest BCUT2D eigenvalue weighted by Crippen LogP contribution is 2.41. The Balaban J connectivity index is 1.34. The molecule has 0 bridgehead atoms. The van der Waals surface area contributed by atoms with Crippen LogP contribution >= 0.6 is 0 Å². The van der Waals surface area contributed by atoms with Gasteiger partial charge in [0.25, 0.3) is 0 Å². The number of ether oxygens (including phenoxy) is 2. The Morgan fingerprint density at radius 3 is 1.70 bits per heavy atom. The minimum atomic E-state index is -1.07.